The molecule has 7 heteroatoms. The van der Waals surface area contributed by atoms with Gasteiger partial charge in [-0.25, -0.2) is 0 Å². The average molecular weight is 495 g/mol. The van der Waals surface area contributed by atoms with Crippen molar-refractivity contribution in [2.75, 3.05) is 33.8 Å². The molecule has 0 bridgehead atoms. The second-order valence-electron chi connectivity index (χ2n) is 10.4. The number of aromatic nitrogens is 2. The van der Waals surface area contributed by atoms with E-state index >= 15 is 0 Å². The van der Waals surface area contributed by atoms with Crippen LogP contribution in [0.25, 0.3) is 11.1 Å². The third-order valence-electron chi connectivity index (χ3n) is 7.62. The number of aryl methyl sites for hydroxylation is 1. The van der Waals surface area contributed by atoms with Crippen LogP contribution >= 0.6 is 0 Å². The second-order valence-corrected chi connectivity index (χ2v) is 10.4. The molecule has 1 N–H and O–H groups in total. The lowest BCUT2D eigenvalue weighted by atomic mass is 9.94. The molecule has 196 valence electrons. The van der Waals surface area contributed by atoms with Crippen LogP contribution in [0.15, 0.2) is 30.3 Å². The maximum Gasteiger partial charge on any atom is 0.271 e. The summed E-state index contributed by atoms with van der Waals surface area (Å²) in [7, 11) is 3.85. The van der Waals surface area contributed by atoms with Crippen molar-refractivity contribution >= 4 is 5.91 Å². The lowest BCUT2D eigenvalue weighted by molar-refractivity contribution is -0.00261. The number of nitrogens with zero attached hydrogens (tertiary/aromatic N) is 3. The van der Waals surface area contributed by atoms with Crippen LogP contribution in [-0.2, 0) is 11.2 Å². The number of benzene rings is 1. The van der Waals surface area contributed by atoms with E-state index in [-0.39, 0.29) is 12.0 Å². The fraction of sp³-hybridized carbons (Fsp3) is 0.621. The number of methoxy groups -OCH3 is 1. The van der Waals surface area contributed by atoms with Crippen LogP contribution in [0, 0.1) is 5.92 Å². The van der Waals surface area contributed by atoms with Crippen molar-refractivity contribution in [1.82, 2.24) is 20.4 Å². The van der Waals surface area contributed by atoms with Crippen LogP contribution < -0.4 is 10.1 Å². The zero-order valence-corrected chi connectivity index (χ0v) is 22.2. The number of likely N-dealkylation sites (N-methyl/N-ethyl adjacent to an activating group) is 1. The molecule has 2 aromatic rings. The predicted molar refractivity (Wildman–Crippen MR) is 142 cm³/mol. The average Bonchev–Trinajstić information content (AvgIpc) is 2.92. The van der Waals surface area contributed by atoms with E-state index in [0.717, 1.165) is 74.2 Å². The highest BCUT2D eigenvalue weighted by molar-refractivity contribution is 5.93. The quantitative estimate of drug-likeness (QED) is 0.507. The van der Waals surface area contributed by atoms with Crippen molar-refractivity contribution in [3.8, 4) is 16.9 Å². The second kappa shape index (κ2) is 13.2. The zero-order chi connectivity index (χ0) is 25.3. The number of nitrogens with one attached hydrogen (secondary N) is 1. The van der Waals surface area contributed by atoms with Crippen molar-refractivity contribution < 1.29 is 14.3 Å². The summed E-state index contributed by atoms with van der Waals surface area (Å²) < 4.78 is 11.9. The number of amides is 1. The van der Waals surface area contributed by atoms with Gasteiger partial charge < -0.3 is 19.7 Å². The summed E-state index contributed by atoms with van der Waals surface area (Å²) in [6, 6.07) is 10.1. The Balaban J connectivity index is 1.46. The first kappa shape index (κ1) is 26.6. The van der Waals surface area contributed by atoms with Gasteiger partial charge >= 0.3 is 0 Å². The molecule has 1 aliphatic carbocycles. The SMILES string of the molecule is CCCCc1nnc(C(=O)NCC2CCN(C)CC2OC)cc1-c1ccc(OC2CCCCC2)cc1. The van der Waals surface area contributed by atoms with Gasteiger partial charge in [0.1, 0.15) is 5.75 Å². The third kappa shape index (κ3) is 7.04. The Morgan fingerprint density at radius 2 is 1.89 bits per heavy atom. The fourth-order valence-electron chi connectivity index (χ4n) is 5.33. The number of hydrogen-bond acceptors (Lipinski definition) is 6. The molecule has 4 rings (SSSR count). The van der Waals surface area contributed by atoms with Crippen LogP contribution in [0.2, 0.25) is 0 Å². The topological polar surface area (TPSA) is 76.6 Å². The predicted octanol–water partition coefficient (Wildman–Crippen LogP) is 4.89. The first-order valence-electron chi connectivity index (χ1n) is 13.7. The molecule has 1 aliphatic heterocycles. The molecular weight excluding hydrogens is 452 g/mol. The molecular formula is C29H42N4O3. The van der Waals surface area contributed by atoms with E-state index < -0.39 is 0 Å². The number of ether oxygens (including phenoxy) is 2. The Labute approximate surface area is 216 Å². The summed E-state index contributed by atoms with van der Waals surface area (Å²) in [5.41, 5.74) is 3.30. The molecule has 2 atom stereocenters. The van der Waals surface area contributed by atoms with Crippen molar-refractivity contribution in [3.05, 3.63) is 41.7 Å². The molecule has 1 aromatic carbocycles. The lowest BCUT2D eigenvalue weighted by Gasteiger charge is -2.35. The molecule has 1 saturated heterocycles. The molecule has 2 unspecified atom stereocenters. The van der Waals surface area contributed by atoms with E-state index in [1.165, 1.54) is 19.3 Å². The van der Waals surface area contributed by atoms with Crippen LogP contribution in [-0.4, -0.2) is 67.0 Å². The van der Waals surface area contributed by atoms with Crippen molar-refractivity contribution in [2.24, 2.45) is 5.92 Å². The van der Waals surface area contributed by atoms with Gasteiger partial charge in [-0.1, -0.05) is 31.9 Å². The monoisotopic (exact) mass is 494 g/mol. The van der Waals surface area contributed by atoms with E-state index in [1.54, 1.807) is 7.11 Å². The van der Waals surface area contributed by atoms with Crippen LogP contribution in [0.1, 0.15) is 74.5 Å². The normalized spacial score (nSPS) is 21.3. The molecule has 1 amide bonds. The smallest absolute Gasteiger partial charge is 0.271 e. The summed E-state index contributed by atoms with van der Waals surface area (Å²) in [5, 5.41) is 11.9. The largest absolute Gasteiger partial charge is 0.490 e. The lowest BCUT2D eigenvalue weighted by Crippen LogP contribution is -2.47. The minimum Gasteiger partial charge on any atom is -0.490 e. The number of carbonyl (C=O) groups excluding carboxylic acids is 1. The molecule has 7 nitrogen and oxygen atoms in total. The standard InChI is InChI=1S/C29H42N4O3/c1-4-5-11-26-25(21-12-14-24(15-13-21)36-23-9-7-6-8-10-23)18-27(32-31-26)29(34)30-19-22-16-17-33(2)20-28(22)35-3/h12-15,18,22-23,28H,4-11,16-17,19-20H2,1-3H3,(H,30,34). The van der Waals surface area contributed by atoms with Gasteiger partial charge in [-0.05, 0) is 82.3 Å². The van der Waals surface area contributed by atoms with E-state index in [4.69, 9.17) is 9.47 Å². The van der Waals surface area contributed by atoms with Crippen LogP contribution in [0.3, 0.4) is 0 Å². The number of unbranched alkanes of at least 4 members (excludes halogenated alkanes) is 1. The van der Waals surface area contributed by atoms with Gasteiger partial charge in [-0.15, -0.1) is 5.10 Å². The van der Waals surface area contributed by atoms with E-state index in [1.807, 2.05) is 18.2 Å². The van der Waals surface area contributed by atoms with Crippen LogP contribution in [0.4, 0.5) is 0 Å². The summed E-state index contributed by atoms with van der Waals surface area (Å²) in [4.78, 5) is 15.3. The summed E-state index contributed by atoms with van der Waals surface area (Å²) in [6.45, 7) is 4.64. The van der Waals surface area contributed by atoms with Gasteiger partial charge in [-0.2, -0.15) is 5.10 Å². The van der Waals surface area contributed by atoms with Gasteiger partial charge in [0, 0.05) is 31.7 Å². The van der Waals surface area contributed by atoms with Gasteiger partial charge in [-0.3, -0.25) is 4.79 Å². The molecule has 2 aliphatic rings. The van der Waals surface area contributed by atoms with Gasteiger partial charge in [0.25, 0.3) is 5.91 Å². The molecule has 0 spiro atoms. The zero-order valence-electron chi connectivity index (χ0n) is 22.2. The maximum atomic E-state index is 13.0. The van der Waals surface area contributed by atoms with Crippen LogP contribution in [0.5, 0.6) is 5.75 Å². The highest BCUT2D eigenvalue weighted by atomic mass is 16.5. The first-order valence-corrected chi connectivity index (χ1v) is 13.7. The van der Waals surface area contributed by atoms with E-state index in [0.29, 0.717) is 24.3 Å². The Kier molecular flexibility index (Phi) is 9.70. The number of rotatable bonds is 10. The fourth-order valence-corrected chi connectivity index (χ4v) is 5.33. The maximum absolute atomic E-state index is 13.0. The molecule has 0 radical (unpaired) electrons. The number of likely N-dealkylation sites (tertiary alicyclic amines) is 1. The van der Waals surface area contributed by atoms with E-state index in [9.17, 15) is 4.79 Å². The Morgan fingerprint density at radius 1 is 1.11 bits per heavy atom. The summed E-state index contributed by atoms with van der Waals surface area (Å²) in [5.74, 6) is 1.02. The summed E-state index contributed by atoms with van der Waals surface area (Å²) >= 11 is 0. The van der Waals surface area contributed by atoms with E-state index in [2.05, 4.69) is 46.5 Å². The molecule has 2 fully saturated rings. The number of carbonyl (C=O) groups is 1. The minimum absolute atomic E-state index is 0.122. The van der Waals surface area contributed by atoms with Gasteiger partial charge in [0.2, 0.25) is 0 Å². The highest BCUT2D eigenvalue weighted by Gasteiger charge is 2.28. The van der Waals surface area contributed by atoms with Crippen molar-refractivity contribution in [1.29, 1.82) is 0 Å². The minimum atomic E-state index is -0.183. The van der Waals surface area contributed by atoms with Crippen molar-refractivity contribution in [3.63, 3.8) is 0 Å². The summed E-state index contributed by atoms with van der Waals surface area (Å²) in [6.07, 6.45) is 10.5. The van der Waals surface area contributed by atoms with Gasteiger partial charge in [0.15, 0.2) is 5.69 Å². The number of hydrogen-bond donors (Lipinski definition) is 1. The number of piperidine rings is 1. The molecule has 1 saturated carbocycles. The molecule has 1 aromatic heterocycles. The van der Waals surface area contributed by atoms with Crippen molar-refractivity contribution in [2.45, 2.75) is 76.9 Å². The Bertz CT molecular complexity index is 975. The Morgan fingerprint density at radius 3 is 2.61 bits per heavy atom. The Hall–Kier alpha value is -2.51. The van der Waals surface area contributed by atoms with Gasteiger partial charge in [0.05, 0.1) is 17.9 Å². The highest BCUT2D eigenvalue weighted by Crippen LogP contribution is 2.29. The first-order chi connectivity index (χ1) is 17.6. The molecule has 36 heavy (non-hydrogen) atoms. The third-order valence-corrected chi connectivity index (χ3v) is 7.62. The molecule has 2 heterocycles.